The lowest BCUT2D eigenvalue weighted by molar-refractivity contribution is -0.384. The highest BCUT2D eigenvalue weighted by Crippen LogP contribution is 2.31. The SMILES string of the molecule is CCOC(=O)C1=C(C)N=c2s/c(=C/c3cccc([N+](=O)[O-])c3)c(=O)n2C1c1ccc(OC)cc1. The Morgan fingerprint density at radius 2 is 2.00 bits per heavy atom. The van der Waals surface area contributed by atoms with Gasteiger partial charge in [-0.2, -0.15) is 0 Å². The molecule has 0 bridgehead atoms. The van der Waals surface area contributed by atoms with Gasteiger partial charge in [-0.05, 0) is 43.2 Å². The molecule has 0 spiro atoms. The highest BCUT2D eigenvalue weighted by atomic mass is 32.1. The van der Waals surface area contributed by atoms with E-state index in [2.05, 4.69) is 4.99 Å². The van der Waals surface area contributed by atoms with Crippen LogP contribution in [0.1, 0.15) is 31.0 Å². The molecule has 0 fully saturated rings. The van der Waals surface area contributed by atoms with Gasteiger partial charge in [0.2, 0.25) is 0 Å². The minimum Gasteiger partial charge on any atom is -0.497 e. The monoisotopic (exact) mass is 479 g/mol. The van der Waals surface area contributed by atoms with E-state index in [1.165, 1.54) is 16.7 Å². The molecule has 0 aliphatic carbocycles. The van der Waals surface area contributed by atoms with Gasteiger partial charge in [0.1, 0.15) is 5.75 Å². The van der Waals surface area contributed by atoms with Crippen LogP contribution in [0.4, 0.5) is 5.69 Å². The number of carbonyl (C=O) groups excluding carboxylic acids is 1. The minimum atomic E-state index is -0.742. The fourth-order valence-corrected chi connectivity index (χ4v) is 4.82. The zero-order chi connectivity index (χ0) is 24.4. The van der Waals surface area contributed by atoms with E-state index in [9.17, 15) is 19.7 Å². The molecule has 3 aromatic rings. The number of nitrogens with zero attached hydrogens (tertiary/aromatic N) is 3. The van der Waals surface area contributed by atoms with E-state index in [1.54, 1.807) is 63.4 Å². The molecule has 34 heavy (non-hydrogen) atoms. The molecule has 0 saturated carbocycles. The van der Waals surface area contributed by atoms with Gasteiger partial charge in [0, 0.05) is 12.1 Å². The number of rotatable bonds is 6. The van der Waals surface area contributed by atoms with E-state index in [4.69, 9.17) is 9.47 Å². The molecule has 2 heterocycles. The second kappa shape index (κ2) is 9.44. The first-order valence-electron chi connectivity index (χ1n) is 10.4. The zero-order valence-electron chi connectivity index (χ0n) is 18.7. The quantitative estimate of drug-likeness (QED) is 0.305. The van der Waals surface area contributed by atoms with E-state index in [0.29, 0.717) is 31.9 Å². The Bertz CT molecular complexity index is 1480. The molecule has 9 nitrogen and oxygen atoms in total. The van der Waals surface area contributed by atoms with Crippen molar-refractivity contribution in [3.8, 4) is 5.75 Å². The molecule has 10 heteroatoms. The Morgan fingerprint density at radius 1 is 1.26 bits per heavy atom. The Hall–Kier alpha value is -4.05. The number of esters is 1. The van der Waals surface area contributed by atoms with Crippen LogP contribution in [0.5, 0.6) is 5.75 Å². The number of methoxy groups -OCH3 is 1. The normalized spacial score (nSPS) is 15.5. The number of benzene rings is 2. The van der Waals surface area contributed by atoms with Crippen LogP contribution in [-0.4, -0.2) is 29.2 Å². The third kappa shape index (κ3) is 4.27. The smallest absolute Gasteiger partial charge is 0.338 e. The first-order chi connectivity index (χ1) is 16.3. The molecule has 0 amide bonds. The average Bonchev–Trinajstić information content (AvgIpc) is 3.12. The number of aromatic nitrogens is 1. The van der Waals surface area contributed by atoms with Crippen molar-refractivity contribution in [3.63, 3.8) is 0 Å². The number of hydrogen-bond donors (Lipinski definition) is 0. The molecule has 174 valence electrons. The second-order valence-corrected chi connectivity index (χ2v) is 8.44. The first kappa shape index (κ1) is 23.1. The molecule has 1 unspecified atom stereocenters. The molecule has 0 saturated heterocycles. The maximum absolute atomic E-state index is 13.5. The van der Waals surface area contributed by atoms with Gasteiger partial charge in [0.05, 0.1) is 40.5 Å². The Labute approximate surface area is 198 Å². The summed E-state index contributed by atoms with van der Waals surface area (Å²) in [4.78, 5) is 42.0. The number of nitro benzene ring substituents is 1. The van der Waals surface area contributed by atoms with E-state index < -0.39 is 16.9 Å². The summed E-state index contributed by atoms with van der Waals surface area (Å²) in [5, 5.41) is 11.1. The summed E-state index contributed by atoms with van der Waals surface area (Å²) in [5.41, 5.74) is 1.52. The van der Waals surface area contributed by atoms with Crippen LogP contribution in [-0.2, 0) is 9.53 Å². The molecule has 1 aliphatic rings. The third-order valence-corrected chi connectivity index (χ3v) is 6.31. The number of ether oxygens (including phenoxy) is 2. The molecular weight excluding hydrogens is 458 g/mol. The van der Waals surface area contributed by atoms with Crippen molar-refractivity contribution in [2.75, 3.05) is 13.7 Å². The summed E-state index contributed by atoms with van der Waals surface area (Å²) in [6.45, 7) is 3.60. The fourth-order valence-electron chi connectivity index (χ4n) is 3.77. The number of nitro groups is 1. The average molecular weight is 480 g/mol. The Kier molecular flexibility index (Phi) is 6.42. The van der Waals surface area contributed by atoms with Crippen LogP contribution in [0.25, 0.3) is 6.08 Å². The molecule has 1 aliphatic heterocycles. The van der Waals surface area contributed by atoms with Crippen LogP contribution in [0, 0.1) is 10.1 Å². The van der Waals surface area contributed by atoms with Gasteiger partial charge in [-0.25, -0.2) is 9.79 Å². The molecule has 1 atom stereocenters. The number of carbonyl (C=O) groups is 1. The van der Waals surface area contributed by atoms with Crippen LogP contribution in [0.3, 0.4) is 0 Å². The highest BCUT2D eigenvalue weighted by molar-refractivity contribution is 7.07. The van der Waals surface area contributed by atoms with Crippen molar-refractivity contribution in [1.82, 2.24) is 4.57 Å². The molecule has 0 N–H and O–H groups in total. The highest BCUT2D eigenvalue weighted by Gasteiger charge is 2.33. The predicted molar refractivity (Wildman–Crippen MR) is 126 cm³/mol. The van der Waals surface area contributed by atoms with Crippen molar-refractivity contribution in [1.29, 1.82) is 0 Å². The summed E-state index contributed by atoms with van der Waals surface area (Å²) >= 11 is 1.16. The van der Waals surface area contributed by atoms with E-state index in [-0.39, 0.29) is 23.4 Å². The summed E-state index contributed by atoms with van der Waals surface area (Å²) < 4.78 is 12.3. The second-order valence-electron chi connectivity index (χ2n) is 7.43. The van der Waals surface area contributed by atoms with Crippen molar-refractivity contribution in [2.45, 2.75) is 19.9 Å². The molecule has 1 aromatic heterocycles. The van der Waals surface area contributed by atoms with E-state index in [0.717, 1.165) is 11.3 Å². The number of hydrogen-bond acceptors (Lipinski definition) is 8. The number of thiazole rings is 1. The maximum Gasteiger partial charge on any atom is 0.338 e. The summed E-state index contributed by atoms with van der Waals surface area (Å²) in [5.74, 6) is 0.0951. The van der Waals surface area contributed by atoms with Gasteiger partial charge in [-0.15, -0.1) is 0 Å². The minimum absolute atomic E-state index is 0.0712. The lowest BCUT2D eigenvalue weighted by Gasteiger charge is -2.24. The van der Waals surface area contributed by atoms with Gasteiger partial charge in [-0.3, -0.25) is 19.5 Å². The van der Waals surface area contributed by atoms with Crippen LogP contribution < -0.4 is 19.6 Å². The van der Waals surface area contributed by atoms with Crippen molar-refractivity contribution >= 4 is 29.1 Å². The maximum atomic E-state index is 13.5. The fraction of sp³-hybridized carbons (Fsp3) is 0.208. The number of non-ortho nitro benzene ring substituents is 1. The van der Waals surface area contributed by atoms with Crippen molar-refractivity contribution < 1.29 is 19.2 Å². The van der Waals surface area contributed by atoms with E-state index in [1.807, 2.05) is 0 Å². The first-order valence-corrected chi connectivity index (χ1v) is 11.2. The van der Waals surface area contributed by atoms with Gasteiger partial charge in [0.15, 0.2) is 4.80 Å². The molecule has 2 aromatic carbocycles. The molecule has 4 rings (SSSR count). The summed E-state index contributed by atoms with van der Waals surface area (Å²) in [7, 11) is 1.56. The topological polar surface area (TPSA) is 113 Å². The molecule has 0 radical (unpaired) electrons. The van der Waals surface area contributed by atoms with Gasteiger partial charge < -0.3 is 9.47 Å². The van der Waals surface area contributed by atoms with Gasteiger partial charge in [0.25, 0.3) is 11.2 Å². The van der Waals surface area contributed by atoms with E-state index >= 15 is 0 Å². The molecular formula is C24H21N3O6S. The third-order valence-electron chi connectivity index (χ3n) is 5.33. The van der Waals surface area contributed by atoms with Crippen molar-refractivity contribution in [3.05, 3.63) is 101 Å². The summed E-state index contributed by atoms with van der Waals surface area (Å²) in [6.07, 6.45) is 1.59. The standard InChI is InChI=1S/C24H21N3O6S/c1-4-33-23(29)20-14(2)25-24-26(21(20)16-8-10-18(32-3)11-9-16)22(28)19(34-24)13-15-6-5-7-17(12-15)27(30)31/h5-13,21H,4H2,1-3H3/b19-13+. The Morgan fingerprint density at radius 3 is 2.65 bits per heavy atom. The van der Waals surface area contributed by atoms with Crippen LogP contribution in [0.15, 0.2) is 69.6 Å². The summed E-state index contributed by atoms with van der Waals surface area (Å²) in [6, 6.07) is 12.4. The van der Waals surface area contributed by atoms with Crippen LogP contribution in [0.2, 0.25) is 0 Å². The number of fused-ring (bicyclic) bond motifs is 1. The van der Waals surface area contributed by atoms with Gasteiger partial charge >= 0.3 is 5.97 Å². The largest absolute Gasteiger partial charge is 0.497 e. The van der Waals surface area contributed by atoms with Crippen LogP contribution >= 0.6 is 11.3 Å². The van der Waals surface area contributed by atoms with Crippen molar-refractivity contribution in [2.24, 2.45) is 4.99 Å². The van der Waals surface area contributed by atoms with Gasteiger partial charge in [-0.1, -0.05) is 35.6 Å². The Balaban J connectivity index is 1.93. The lowest BCUT2D eigenvalue weighted by atomic mass is 9.96. The zero-order valence-corrected chi connectivity index (χ0v) is 19.5. The number of allylic oxidation sites excluding steroid dienone is 1. The predicted octanol–water partition coefficient (Wildman–Crippen LogP) is 2.72. The lowest BCUT2D eigenvalue weighted by Crippen LogP contribution is -2.39.